The lowest BCUT2D eigenvalue weighted by molar-refractivity contribution is -0.0609. The van der Waals surface area contributed by atoms with E-state index in [1.165, 1.54) is 22.8 Å². The summed E-state index contributed by atoms with van der Waals surface area (Å²) in [6, 6.07) is 0. The molecule has 0 aliphatic carbocycles. The zero-order valence-electron chi connectivity index (χ0n) is 9.51. The highest BCUT2D eigenvalue weighted by atomic mass is 33.1. The second-order valence-electron chi connectivity index (χ2n) is 4.38. The number of ether oxygens (including phenoxy) is 2. The van der Waals surface area contributed by atoms with Crippen molar-refractivity contribution >= 4 is 28.5 Å². The first-order valence-electron chi connectivity index (χ1n) is 5.32. The van der Waals surface area contributed by atoms with Crippen molar-refractivity contribution in [3.8, 4) is 0 Å². The van der Waals surface area contributed by atoms with Gasteiger partial charge in [0, 0.05) is 5.75 Å². The summed E-state index contributed by atoms with van der Waals surface area (Å²) in [5.41, 5.74) is -0.222. The van der Waals surface area contributed by atoms with Gasteiger partial charge in [-0.3, -0.25) is 4.57 Å². The monoisotopic (exact) mass is 284 g/mol. The molecule has 94 valence electrons. The van der Waals surface area contributed by atoms with Crippen LogP contribution in [-0.2, 0) is 18.6 Å². The van der Waals surface area contributed by atoms with Gasteiger partial charge in [-0.15, -0.1) is 0 Å². The smallest absolute Gasteiger partial charge is 0.313 e. The molecule has 0 bridgehead atoms. The van der Waals surface area contributed by atoms with Crippen molar-refractivity contribution in [3.05, 3.63) is 0 Å². The SMILES string of the molecule is CC1(C)COC(CSP2(=O)OCCCS2)O1. The van der Waals surface area contributed by atoms with Gasteiger partial charge in [0.1, 0.15) is 0 Å². The summed E-state index contributed by atoms with van der Waals surface area (Å²) in [6.45, 7) is 5.18. The minimum absolute atomic E-state index is 0.222. The van der Waals surface area contributed by atoms with E-state index in [-0.39, 0.29) is 11.9 Å². The van der Waals surface area contributed by atoms with Crippen molar-refractivity contribution < 1.29 is 18.6 Å². The predicted molar refractivity (Wildman–Crippen MR) is 68.0 cm³/mol. The molecule has 2 heterocycles. The van der Waals surface area contributed by atoms with Crippen molar-refractivity contribution in [2.75, 3.05) is 24.7 Å². The van der Waals surface area contributed by atoms with Gasteiger partial charge in [-0.25, -0.2) is 0 Å². The Hall–Kier alpha value is 0.810. The first kappa shape index (κ1) is 13.2. The summed E-state index contributed by atoms with van der Waals surface area (Å²) in [4.78, 5) is 0. The second-order valence-corrected chi connectivity index (χ2v) is 11.9. The lowest BCUT2D eigenvalue weighted by Crippen LogP contribution is -2.23. The molecular weight excluding hydrogens is 267 g/mol. The fourth-order valence-electron chi connectivity index (χ4n) is 1.48. The first-order chi connectivity index (χ1) is 7.49. The third-order valence-electron chi connectivity index (χ3n) is 2.22. The Morgan fingerprint density at radius 1 is 1.56 bits per heavy atom. The van der Waals surface area contributed by atoms with Gasteiger partial charge in [-0.2, -0.15) is 0 Å². The maximum atomic E-state index is 12.1. The fourth-order valence-corrected chi connectivity index (χ4v) is 7.97. The van der Waals surface area contributed by atoms with Crippen LogP contribution in [0.4, 0.5) is 0 Å². The molecule has 2 saturated heterocycles. The third kappa shape index (κ3) is 3.65. The molecule has 0 aromatic rings. The molecule has 0 aromatic carbocycles. The molecule has 16 heavy (non-hydrogen) atoms. The van der Waals surface area contributed by atoms with E-state index in [9.17, 15) is 4.57 Å². The number of rotatable bonds is 3. The molecule has 2 atom stereocenters. The van der Waals surface area contributed by atoms with Crippen LogP contribution in [0.15, 0.2) is 0 Å². The van der Waals surface area contributed by atoms with Gasteiger partial charge in [0.05, 0.1) is 24.6 Å². The summed E-state index contributed by atoms with van der Waals surface area (Å²) in [5.74, 6) is -1.04. The summed E-state index contributed by atoms with van der Waals surface area (Å²) < 4.78 is 28.6. The molecule has 4 nitrogen and oxygen atoms in total. The minimum Gasteiger partial charge on any atom is -0.349 e. The van der Waals surface area contributed by atoms with Crippen molar-refractivity contribution in [3.63, 3.8) is 0 Å². The summed E-state index contributed by atoms with van der Waals surface area (Å²) in [7, 11) is 0. The predicted octanol–water partition coefficient (Wildman–Crippen LogP) is 3.13. The number of hydrogen-bond donors (Lipinski definition) is 0. The first-order valence-corrected chi connectivity index (χ1v) is 10.1. The van der Waals surface area contributed by atoms with E-state index >= 15 is 0 Å². The molecule has 0 spiro atoms. The molecule has 0 aromatic heterocycles. The van der Waals surface area contributed by atoms with Crippen LogP contribution in [0.3, 0.4) is 0 Å². The van der Waals surface area contributed by atoms with E-state index in [4.69, 9.17) is 14.0 Å². The van der Waals surface area contributed by atoms with Crippen LogP contribution in [0.2, 0.25) is 0 Å². The van der Waals surface area contributed by atoms with Crippen LogP contribution in [0.1, 0.15) is 20.3 Å². The van der Waals surface area contributed by atoms with E-state index in [1.54, 1.807) is 0 Å². The van der Waals surface area contributed by atoms with Crippen LogP contribution >= 0.6 is 28.5 Å². The van der Waals surface area contributed by atoms with Crippen molar-refractivity contribution in [2.24, 2.45) is 0 Å². The van der Waals surface area contributed by atoms with Crippen LogP contribution < -0.4 is 0 Å². The molecule has 7 heteroatoms. The molecule has 0 saturated carbocycles. The highest BCUT2D eigenvalue weighted by Gasteiger charge is 2.36. The quantitative estimate of drug-likeness (QED) is 0.742. The molecule has 0 amide bonds. The maximum Gasteiger partial charge on any atom is 0.313 e. The molecule has 0 N–H and O–H groups in total. The highest BCUT2D eigenvalue weighted by Crippen LogP contribution is 2.71. The van der Waals surface area contributed by atoms with Crippen LogP contribution in [0, 0.1) is 0 Å². The molecular formula is C9H17O4PS2. The normalized spacial score (nSPS) is 38.8. The Kier molecular flexibility index (Phi) is 4.31. The largest absolute Gasteiger partial charge is 0.349 e. The summed E-state index contributed by atoms with van der Waals surface area (Å²) >= 11 is 2.78. The Bertz CT molecular complexity index is 287. The van der Waals surface area contributed by atoms with Gasteiger partial charge in [0.15, 0.2) is 6.29 Å². The lowest BCUT2D eigenvalue weighted by atomic mass is 10.2. The number of hydrogen-bond acceptors (Lipinski definition) is 6. The fraction of sp³-hybridized carbons (Fsp3) is 1.00. The standard InChI is InChI=1S/C9H17O4PS2/c1-9(2)7-11-8(13-9)6-16-14(10)12-4-3-5-15-14/h8H,3-7H2,1-2H3. The molecule has 2 aliphatic heterocycles. The van der Waals surface area contributed by atoms with Crippen LogP contribution in [0.25, 0.3) is 0 Å². The van der Waals surface area contributed by atoms with Gasteiger partial charge in [0.2, 0.25) is 0 Å². The zero-order chi connectivity index (χ0) is 11.6. The van der Waals surface area contributed by atoms with Crippen LogP contribution in [-0.4, -0.2) is 36.6 Å². The summed E-state index contributed by atoms with van der Waals surface area (Å²) in [6.07, 6.45) is 0.732. The average molecular weight is 284 g/mol. The Morgan fingerprint density at radius 3 is 2.94 bits per heavy atom. The third-order valence-corrected chi connectivity index (χ3v) is 9.67. The van der Waals surface area contributed by atoms with E-state index in [2.05, 4.69) is 0 Å². The topological polar surface area (TPSA) is 44.8 Å². The summed E-state index contributed by atoms with van der Waals surface area (Å²) in [5, 5.41) is 0. The van der Waals surface area contributed by atoms with E-state index < -0.39 is 5.77 Å². The van der Waals surface area contributed by atoms with Crippen LogP contribution in [0.5, 0.6) is 0 Å². The Balaban J connectivity index is 1.77. The second kappa shape index (κ2) is 5.21. The molecule has 2 fully saturated rings. The van der Waals surface area contributed by atoms with Gasteiger partial charge in [-0.1, -0.05) is 22.8 Å². The molecule has 2 aliphatic rings. The van der Waals surface area contributed by atoms with Crippen molar-refractivity contribution in [1.82, 2.24) is 0 Å². The van der Waals surface area contributed by atoms with Crippen molar-refractivity contribution in [2.45, 2.75) is 32.2 Å². The Labute approximate surface area is 104 Å². The van der Waals surface area contributed by atoms with Gasteiger partial charge >= 0.3 is 5.77 Å². The van der Waals surface area contributed by atoms with Gasteiger partial charge in [0.25, 0.3) is 0 Å². The van der Waals surface area contributed by atoms with E-state index in [0.717, 1.165) is 12.2 Å². The van der Waals surface area contributed by atoms with E-state index in [0.29, 0.717) is 19.0 Å². The van der Waals surface area contributed by atoms with Gasteiger partial charge < -0.3 is 14.0 Å². The molecule has 0 radical (unpaired) electrons. The average Bonchev–Trinajstić information content (AvgIpc) is 2.57. The Morgan fingerprint density at radius 2 is 2.38 bits per heavy atom. The lowest BCUT2D eigenvalue weighted by Gasteiger charge is -2.22. The molecule has 2 unspecified atom stereocenters. The molecule has 2 rings (SSSR count). The van der Waals surface area contributed by atoms with Crippen molar-refractivity contribution in [1.29, 1.82) is 0 Å². The zero-order valence-corrected chi connectivity index (χ0v) is 12.0. The maximum absolute atomic E-state index is 12.1. The van der Waals surface area contributed by atoms with Gasteiger partial charge in [-0.05, 0) is 20.3 Å². The minimum atomic E-state index is -2.53. The van der Waals surface area contributed by atoms with E-state index in [1.807, 2.05) is 13.8 Å². The highest BCUT2D eigenvalue weighted by molar-refractivity contribution is 8.89.